The topological polar surface area (TPSA) is 122 Å². The molecule has 0 amide bonds. The zero-order chi connectivity index (χ0) is 18.4. The molecule has 0 aliphatic carbocycles. The first-order chi connectivity index (χ1) is 11.8. The van der Waals surface area contributed by atoms with Gasteiger partial charge in [-0.2, -0.15) is 5.26 Å². The number of nitro groups is 1. The lowest BCUT2D eigenvalue weighted by Gasteiger charge is -2.10. The number of nitro benzene ring substituents is 1. The normalized spacial score (nSPS) is 10.7. The summed E-state index contributed by atoms with van der Waals surface area (Å²) in [5.41, 5.74) is 0.137. The van der Waals surface area contributed by atoms with Gasteiger partial charge >= 0.3 is 5.69 Å². The number of nitrogens with zero attached hydrogens (tertiary/aromatic N) is 2. The fourth-order valence-corrected chi connectivity index (χ4v) is 2.99. The monoisotopic (exact) mass is 361 g/mol. The number of hydrogen-bond acceptors (Lipinski definition) is 7. The molecule has 8 nitrogen and oxygen atoms in total. The van der Waals surface area contributed by atoms with E-state index in [4.69, 9.17) is 10.00 Å². The molecule has 2 rings (SSSR count). The molecule has 0 aliphatic rings. The lowest BCUT2D eigenvalue weighted by molar-refractivity contribution is -0.386. The van der Waals surface area contributed by atoms with Crippen molar-refractivity contribution in [2.75, 3.05) is 24.7 Å². The minimum absolute atomic E-state index is 0.108. The standard InChI is InChI=1S/C16H15N3O5S/c1-25(22,23)15-4-2-3-14(16(15)19(20)21)18-9-10-24-13-7-5-12(11-17)6-8-13/h2-8,18H,9-10H2,1H3. The molecule has 2 aromatic carbocycles. The number of benzene rings is 2. The summed E-state index contributed by atoms with van der Waals surface area (Å²) in [6.45, 7) is 0.431. The zero-order valence-corrected chi connectivity index (χ0v) is 14.1. The van der Waals surface area contributed by atoms with Crippen molar-refractivity contribution in [3.63, 3.8) is 0 Å². The van der Waals surface area contributed by atoms with Gasteiger partial charge in [-0.05, 0) is 36.4 Å². The smallest absolute Gasteiger partial charge is 0.310 e. The third kappa shape index (κ3) is 4.68. The molecule has 0 spiro atoms. The number of nitriles is 1. The van der Waals surface area contributed by atoms with Gasteiger partial charge < -0.3 is 10.1 Å². The first-order valence-corrected chi connectivity index (χ1v) is 9.06. The average molecular weight is 361 g/mol. The number of sulfone groups is 1. The second-order valence-corrected chi connectivity index (χ2v) is 7.08. The van der Waals surface area contributed by atoms with Crippen LogP contribution >= 0.6 is 0 Å². The van der Waals surface area contributed by atoms with Gasteiger partial charge in [-0.1, -0.05) is 6.07 Å². The minimum Gasteiger partial charge on any atom is -0.492 e. The largest absolute Gasteiger partial charge is 0.492 e. The molecule has 0 saturated heterocycles. The van der Waals surface area contributed by atoms with E-state index in [9.17, 15) is 18.5 Å². The second-order valence-electron chi connectivity index (χ2n) is 5.09. The van der Waals surface area contributed by atoms with Crippen LogP contribution in [0.4, 0.5) is 11.4 Å². The number of ether oxygens (including phenoxy) is 1. The predicted molar refractivity (Wildman–Crippen MR) is 91.3 cm³/mol. The third-order valence-electron chi connectivity index (χ3n) is 3.25. The van der Waals surface area contributed by atoms with Crippen LogP contribution in [0.3, 0.4) is 0 Å². The molecule has 25 heavy (non-hydrogen) atoms. The SMILES string of the molecule is CS(=O)(=O)c1cccc(NCCOc2ccc(C#N)cc2)c1[N+](=O)[O-]. The number of rotatable bonds is 7. The number of para-hydroxylation sites is 1. The maximum absolute atomic E-state index is 11.7. The Bertz CT molecular complexity index is 918. The van der Waals surface area contributed by atoms with Crippen molar-refractivity contribution < 1.29 is 18.1 Å². The molecule has 0 saturated carbocycles. The predicted octanol–water partition coefficient (Wildman–Crippen LogP) is 2.36. The number of anilines is 1. The number of nitrogens with one attached hydrogen (secondary N) is 1. The highest BCUT2D eigenvalue weighted by Gasteiger charge is 2.25. The molecular weight excluding hydrogens is 346 g/mol. The van der Waals surface area contributed by atoms with Gasteiger partial charge in [0.05, 0.1) is 16.6 Å². The Kier molecular flexibility index (Phi) is 5.56. The van der Waals surface area contributed by atoms with Crippen LogP contribution in [0, 0.1) is 21.4 Å². The Morgan fingerprint density at radius 3 is 2.48 bits per heavy atom. The molecule has 2 aromatic rings. The van der Waals surface area contributed by atoms with Crippen LogP contribution in [0.15, 0.2) is 47.4 Å². The fourth-order valence-electron chi connectivity index (χ4n) is 2.13. The molecule has 0 radical (unpaired) electrons. The highest BCUT2D eigenvalue weighted by Crippen LogP contribution is 2.31. The van der Waals surface area contributed by atoms with E-state index >= 15 is 0 Å². The first kappa shape index (κ1) is 18.2. The van der Waals surface area contributed by atoms with E-state index < -0.39 is 20.4 Å². The lowest BCUT2D eigenvalue weighted by atomic mass is 10.2. The van der Waals surface area contributed by atoms with Gasteiger partial charge in [0.1, 0.15) is 22.9 Å². The molecular formula is C16H15N3O5S. The maximum Gasteiger partial charge on any atom is 0.310 e. The van der Waals surface area contributed by atoms with Crippen LogP contribution in [0.2, 0.25) is 0 Å². The Morgan fingerprint density at radius 1 is 1.24 bits per heavy atom. The highest BCUT2D eigenvalue weighted by atomic mass is 32.2. The summed E-state index contributed by atoms with van der Waals surface area (Å²) in [5, 5.41) is 22.8. The van der Waals surface area contributed by atoms with Crippen LogP contribution in [-0.4, -0.2) is 32.7 Å². The van der Waals surface area contributed by atoms with Crippen LogP contribution in [0.5, 0.6) is 5.75 Å². The summed E-state index contributed by atoms with van der Waals surface area (Å²) in [7, 11) is -3.72. The quantitative estimate of drug-likeness (QED) is 0.456. The van der Waals surface area contributed by atoms with Crippen LogP contribution in [0.1, 0.15) is 5.56 Å². The first-order valence-electron chi connectivity index (χ1n) is 7.17. The van der Waals surface area contributed by atoms with Crippen molar-refractivity contribution in [2.45, 2.75) is 4.90 Å². The van der Waals surface area contributed by atoms with E-state index in [1.165, 1.54) is 18.2 Å². The van der Waals surface area contributed by atoms with Crippen molar-refractivity contribution >= 4 is 21.2 Å². The summed E-state index contributed by atoms with van der Waals surface area (Å²) in [6, 6.07) is 12.6. The molecule has 0 bridgehead atoms. The summed E-state index contributed by atoms with van der Waals surface area (Å²) in [6.07, 6.45) is 0.924. The molecule has 0 aromatic heterocycles. The third-order valence-corrected chi connectivity index (χ3v) is 4.38. The van der Waals surface area contributed by atoms with Gasteiger partial charge in [0.15, 0.2) is 9.84 Å². The van der Waals surface area contributed by atoms with Gasteiger partial charge in [0.2, 0.25) is 0 Å². The maximum atomic E-state index is 11.7. The average Bonchev–Trinajstić information content (AvgIpc) is 2.58. The Labute approximate surface area is 144 Å². The van der Waals surface area contributed by atoms with Crippen molar-refractivity contribution in [2.24, 2.45) is 0 Å². The van der Waals surface area contributed by atoms with E-state index in [0.717, 1.165) is 6.26 Å². The zero-order valence-electron chi connectivity index (χ0n) is 13.3. The van der Waals surface area contributed by atoms with Crippen molar-refractivity contribution in [3.05, 3.63) is 58.1 Å². The molecule has 1 N–H and O–H groups in total. The lowest BCUT2D eigenvalue weighted by Crippen LogP contribution is -2.13. The molecule has 9 heteroatoms. The van der Waals surface area contributed by atoms with Crippen LogP contribution in [-0.2, 0) is 9.84 Å². The van der Waals surface area contributed by atoms with Crippen molar-refractivity contribution in [1.82, 2.24) is 0 Å². The summed E-state index contributed by atoms with van der Waals surface area (Å²) in [5.74, 6) is 0.556. The highest BCUT2D eigenvalue weighted by molar-refractivity contribution is 7.90. The second kappa shape index (κ2) is 7.63. The number of hydrogen-bond donors (Lipinski definition) is 1. The Morgan fingerprint density at radius 2 is 1.92 bits per heavy atom. The van der Waals surface area contributed by atoms with Gasteiger partial charge in [-0.25, -0.2) is 8.42 Å². The van der Waals surface area contributed by atoms with E-state index in [1.54, 1.807) is 24.3 Å². The van der Waals surface area contributed by atoms with Gasteiger partial charge in [-0.3, -0.25) is 10.1 Å². The molecule has 0 unspecified atom stereocenters. The van der Waals surface area contributed by atoms with E-state index in [0.29, 0.717) is 11.3 Å². The summed E-state index contributed by atoms with van der Waals surface area (Å²) >= 11 is 0. The van der Waals surface area contributed by atoms with E-state index in [1.807, 2.05) is 6.07 Å². The molecule has 0 fully saturated rings. The summed E-state index contributed by atoms with van der Waals surface area (Å²) in [4.78, 5) is 10.2. The minimum atomic E-state index is -3.72. The van der Waals surface area contributed by atoms with E-state index in [-0.39, 0.29) is 23.7 Å². The van der Waals surface area contributed by atoms with E-state index in [2.05, 4.69) is 5.32 Å². The van der Waals surface area contributed by atoms with Gasteiger partial charge in [0.25, 0.3) is 0 Å². The van der Waals surface area contributed by atoms with Crippen LogP contribution in [0.25, 0.3) is 0 Å². The van der Waals surface area contributed by atoms with Crippen molar-refractivity contribution in [1.29, 1.82) is 5.26 Å². The van der Waals surface area contributed by atoms with Crippen molar-refractivity contribution in [3.8, 4) is 11.8 Å². The van der Waals surface area contributed by atoms with Gasteiger partial charge in [0, 0.05) is 12.8 Å². The summed E-state index contributed by atoms with van der Waals surface area (Å²) < 4.78 is 28.9. The molecule has 0 heterocycles. The Balaban J connectivity index is 2.05. The Hall–Kier alpha value is -3.12. The van der Waals surface area contributed by atoms with Gasteiger partial charge in [-0.15, -0.1) is 0 Å². The molecule has 0 aliphatic heterocycles. The fraction of sp³-hybridized carbons (Fsp3) is 0.188. The van der Waals surface area contributed by atoms with Crippen LogP contribution < -0.4 is 10.1 Å². The molecule has 130 valence electrons. The molecule has 0 atom stereocenters.